The van der Waals surface area contributed by atoms with Crippen LogP contribution < -0.4 is 0 Å². The number of rotatable bonds is 3. The van der Waals surface area contributed by atoms with E-state index in [4.69, 9.17) is 0 Å². The summed E-state index contributed by atoms with van der Waals surface area (Å²) >= 11 is 0. The molecule has 1 aliphatic heterocycles. The van der Waals surface area contributed by atoms with Crippen molar-refractivity contribution in [3.8, 4) is 0 Å². The standard InChI is InChI=1S/C11H17N3O4S/c1-8-4-6-14(9(7-8)11(15)16)19(17,18)10-3-5-12-13(10)2/h3,5,8-9H,4,6-7H2,1-2H3,(H,15,16). The second-order valence-corrected chi connectivity index (χ2v) is 6.73. The van der Waals surface area contributed by atoms with Crippen LogP contribution >= 0.6 is 0 Å². The molecular formula is C11H17N3O4S. The summed E-state index contributed by atoms with van der Waals surface area (Å²) in [6.07, 6.45) is 2.39. The summed E-state index contributed by atoms with van der Waals surface area (Å²) in [7, 11) is -2.29. The van der Waals surface area contributed by atoms with Gasteiger partial charge in [0, 0.05) is 13.6 Å². The molecule has 0 spiro atoms. The molecule has 0 aromatic carbocycles. The van der Waals surface area contributed by atoms with Crippen LogP contribution in [0.2, 0.25) is 0 Å². The fourth-order valence-electron chi connectivity index (χ4n) is 2.37. The van der Waals surface area contributed by atoms with E-state index in [1.54, 1.807) is 0 Å². The lowest BCUT2D eigenvalue weighted by atomic mass is 9.94. The van der Waals surface area contributed by atoms with Gasteiger partial charge in [0.05, 0.1) is 6.20 Å². The minimum Gasteiger partial charge on any atom is -0.480 e. The zero-order chi connectivity index (χ0) is 14.2. The molecule has 0 amide bonds. The number of aryl methyl sites for hydroxylation is 1. The third-order valence-electron chi connectivity index (χ3n) is 3.45. The van der Waals surface area contributed by atoms with Crippen LogP contribution in [0.1, 0.15) is 19.8 Å². The molecule has 0 bridgehead atoms. The van der Waals surface area contributed by atoms with Crippen molar-refractivity contribution in [1.29, 1.82) is 0 Å². The highest BCUT2D eigenvalue weighted by molar-refractivity contribution is 7.89. The summed E-state index contributed by atoms with van der Waals surface area (Å²) < 4.78 is 27.3. The summed E-state index contributed by atoms with van der Waals surface area (Å²) in [6.45, 7) is 2.16. The molecule has 1 saturated heterocycles. The fraction of sp³-hybridized carbons (Fsp3) is 0.636. The molecule has 8 heteroatoms. The molecule has 2 heterocycles. The van der Waals surface area contributed by atoms with E-state index < -0.39 is 22.0 Å². The third-order valence-corrected chi connectivity index (χ3v) is 5.43. The molecule has 2 unspecified atom stereocenters. The number of piperidine rings is 1. The topological polar surface area (TPSA) is 92.5 Å². The van der Waals surface area contributed by atoms with Gasteiger partial charge < -0.3 is 5.11 Å². The quantitative estimate of drug-likeness (QED) is 0.862. The number of sulfonamides is 1. The molecule has 1 aromatic rings. The number of carboxylic acid groups (broad SMARTS) is 1. The van der Waals surface area contributed by atoms with Gasteiger partial charge in [-0.15, -0.1) is 0 Å². The highest BCUT2D eigenvalue weighted by Crippen LogP contribution is 2.28. The molecule has 19 heavy (non-hydrogen) atoms. The Labute approximate surface area is 111 Å². The van der Waals surface area contributed by atoms with E-state index >= 15 is 0 Å². The first-order chi connectivity index (χ1) is 8.84. The Morgan fingerprint density at radius 2 is 2.21 bits per heavy atom. The molecule has 106 valence electrons. The van der Waals surface area contributed by atoms with Crippen molar-refractivity contribution >= 4 is 16.0 Å². The second kappa shape index (κ2) is 4.93. The SMILES string of the molecule is CC1CCN(S(=O)(=O)c2ccnn2C)C(C(=O)O)C1. The van der Waals surface area contributed by atoms with Crippen molar-refractivity contribution in [3.63, 3.8) is 0 Å². The minimum atomic E-state index is -3.81. The zero-order valence-electron chi connectivity index (χ0n) is 10.9. The zero-order valence-corrected chi connectivity index (χ0v) is 11.7. The highest BCUT2D eigenvalue weighted by Gasteiger charge is 2.40. The largest absolute Gasteiger partial charge is 0.480 e. The first kappa shape index (κ1) is 14.0. The molecule has 1 aliphatic rings. The van der Waals surface area contributed by atoms with Gasteiger partial charge in [-0.25, -0.2) is 8.42 Å². The number of nitrogens with zero attached hydrogens (tertiary/aromatic N) is 3. The Morgan fingerprint density at radius 3 is 2.74 bits per heavy atom. The number of carbonyl (C=O) groups is 1. The Balaban J connectivity index is 2.39. The second-order valence-electron chi connectivity index (χ2n) is 4.89. The molecular weight excluding hydrogens is 270 g/mol. The van der Waals surface area contributed by atoms with Crippen molar-refractivity contribution in [2.24, 2.45) is 13.0 Å². The van der Waals surface area contributed by atoms with Crippen LogP contribution in [0, 0.1) is 5.92 Å². The van der Waals surface area contributed by atoms with E-state index in [1.165, 1.54) is 24.0 Å². The van der Waals surface area contributed by atoms with Gasteiger partial charge in [0.25, 0.3) is 10.0 Å². The smallest absolute Gasteiger partial charge is 0.322 e. The Kier molecular flexibility index (Phi) is 3.64. The lowest BCUT2D eigenvalue weighted by molar-refractivity contribution is -0.143. The number of hydrogen-bond acceptors (Lipinski definition) is 4. The van der Waals surface area contributed by atoms with Crippen molar-refractivity contribution in [2.45, 2.75) is 30.8 Å². The number of carboxylic acids is 1. The van der Waals surface area contributed by atoms with E-state index in [0.717, 1.165) is 4.31 Å². The van der Waals surface area contributed by atoms with Gasteiger partial charge in [-0.2, -0.15) is 9.40 Å². The van der Waals surface area contributed by atoms with Crippen molar-refractivity contribution in [1.82, 2.24) is 14.1 Å². The summed E-state index contributed by atoms with van der Waals surface area (Å²) in [5, 5.41) is 13.1. The summed E-state index contributed by atoms with van der Waals surface area (Å²) in [5.74, 6) is -0.892. The molecule has 0 aliphatic carbocycles. The van der Waals surface area contributed by atoms with Gasteiger partial charge >= 0.3 is 5.97 Å². The minimum absolute atomic E-state index is 0.0216. The number of aliphatic carboxylic acids is 1. The maximum Gasteiger partial charge on any atom is 0.322 e. The van der Waals surface area contributed by atoms with Gasteiger partial charge in [0.2, 0.25) is 0 Å². The van der Waals surface area contributed by atoms with Gasteiger partial charge in [-0.1, -0.05) is 6.92 Å². The molecule has 0 saturated carbocycles. The molecule has 2 atom stereocenters. The Hall–Kier alpha value is -1.41. The Morgan fingerprint density at radius 1 is 1.53 bits per heavy atom. The average Bonchev–Trinajstić information content (AvgIpc) is 2.75. The Bertz CT molecular complexity index is 581. The van der Waals surface area contributed by atoms with E-state index in [-0.39, 0.29) is 17.5 Å². The van der Waals surface area contributed by atoms with Gasteiger partial charge in [-0.3, -0.25) is 9.48 Å². The monoisotopic (exact) mass is 287 g/mol. The molecule has 1 aromatic heterocycles. The van der Waals surface area contributed by atoms with Crippen LogP contribution in [-0.2, 0) is 21.9 Å². The lowest BCUT2D eigenvalue weighted by Crippen LogP contribution is -2.49. The van der Waals surface area contributed by atoms with Gasteiger partial charge in [0.1, 0.15) is 6.04 Å². The predicted molar refractivity (Wildman–Crippen MR) is 66.9 cm³/mol. The van der Waals surface area contributed by atoms with E-state index in [0.29, 0.717) is 12.8 Å². The summed E-state index contributed by atoms with van der Waals surface area (Å²) in [6, 6.07) is 0.385. The van der Waals surface area contributed by atoms with E-state index in [1.807, 2.05) is 6.92 Å². The first-order valence-corrected chi connectivity index (χ1v) is 7.50. The highest BCUT2D eigenvalue weighted by atomic mass is 32.2. The van der Waals surface area contributed by atoms with Crippen LogP contribution in [0.15, 0.2) is 17.3 Å². The lowest BCUT2D eigenvalue weighted by Gasteiger charge is -2.34. The maximum absolute atomic E-state index is 12.5. The van der Waals surface area contributed by atoms with Gasteiger partial charge in [0.15, 0.2) is 5.03 Å². The first-order valence-electron chi connectivity index (χ1n) is 6.06. The van der Waals surface area contributed by atoms with Crippen LogP contribution in [0.3, 0.4) is 0 Å². The normalized spacial score (nSPS) is 25.4. The average molecular weight is 287 g/mol. The van der Waals surface area contributed by atoms with Crippen LogP contribution in [-0.4, -0.2) is 46.2 Å². The van der Waals surface area contributed by atoms with Crippen molar-refractivity contribution in [2.75, 3.05) is 6.54 Å². The fourth-order valence-corrected chi connectivity index (χ4v) is 4.08. The molecule has 1 fully saturated rings. The van der Waals surface area contributed by atoms with Crippen molar-refractivity contribution in [3.05, 3.63) is 12.3 Å². The third kappa shape index (κ3) is 2.50. The maximum atomic E-state index is 12.5. The summed E-state index contributed by atoms with van der Waals surface area (Å²) in [5.41, 5.74) is 0. The van der Waals surface area contributed by atoms with Crippen LogP contribution in [0.25, 0.3) is 0 Å². The molecule has 7 nitrogen and oxygen atoms in total. The van der Waals surface area contributed by atoms with E-state index in [2.05, 4.69) is 5.10 Å². The molecule has 2 rings (SSSR count). The number of aromatic nitrogens is 2. The van der Waals surface area contributed by atoms with E-state index in [9.17, 15) is 18.3 Å². The van der Waals surface area contributed by atoms with Gasteiger partial charge in [-0.05, 0) is 24.8 Å². The summed E-state index contributed by atoms with van der Waals surface area (Å²) in [4.78, 5) is 11.3. The molecule has 0 radical (unpaired) electrons. The molecule has 1 N–H and O–H groups in total. The van der Waals surface area contributed by atoms with Crippen LogP contribution in [0.5, 0.6) is 0 Å². The predicted octanol–water partition coefficient (Wildman–Crippen LogP) is 0.294. The number of hydrogen-bond donors (Lipinski definition) is 1. The van der Waals surface area contributed by atoms with Crippen LogP contribution in [0.4, 0.5) is 0 Å². The van der Waals surface area contributed by atoms with Crippen molar-refractivity contribution < 1.29 is 18.3 Å².